The average molecular weight is 290 g/mol. The van der Waals surface area contributed by atoms with Gasteiger partial charge in [0.2, 0.25) is 0 Å². The molecule has 0 radical (unpaired) electrons. The van der Waals surface area contributed by atoms with E-state index in [0.717, 1.165) is 10.6 Å². The van der Waals surface area contributed by atoms with Crippen LogP contribution in [0.15, 0.2) is 41.8 Å². The van der Waals surface area contributed by atoms with Gasteiger partial charge in [0.25, 0.3) is 5.91 Å². The molecule has 0 saturated carbocycles. The molecule has 0 fully saturated rings. The fourth-order valence-corrected chi connectivity index (χ4v) is 2.50. The molecule has 0 spiro atoms. The van der Waals surface area contributed by atoms with Crippen molar-refractivity contribution in [1.29, 1.82) is 0 Å². The summed E-state index contributed by atoms with van der Waals surface area (Å²) >= 11 is 1.48. The highest BCUT2D eigenvalue weighted by atomic mass is 32.1. The van der Waals surface area contributed by atoms with Crippen LogP contribution in [0.4, 0.5) is 5.69 Å². The summed E-state index contributed by atoms with van der Waals surface area (Å²) < 4.78 is 0. The zero-order valence-electron chi connectivity index (χ0n) is 11.5. The molecule has 1 amide bonds. The van der Waals surface area contributed by atoms with Gasteiger partial charge in [-0.1, -0.05) is 6.07 Å². The Hall–Kier alpha value is -1.85. The molecule has 1 unspecified atom stereocenters. The lowest BCUT2D eigenvalue weighted by molar-refractivity contribution is 0.0918. The SMILES string of the molecule is CN(C)c1ccc(C(=O)NCC(O)c2cccs2)cc1. The van der Waals surface area contributed by atoms with E-state index < -0.39 is 6.10 Å². The van der Waals surface area contributed by atoms with Crippen molar-refractivity contribution in [3.63, 3.8) is 0 Å². The smallest absolute Gasteiger partial charge is 0.251 e. The third-order valence-electron chi connectivity index (χ3n) is 2.97. The number of carbonyl (C=O) groups is 1. The number of thiophene rings is 1. The maximum Gasteiger partial charge on any atom is 0.251 e. The number of aliphatic hydroxyl groups is 1. The van der Waals surface area contributed by atoms with Crippen molar-refractivity contribution in [3.8, 4) is 0 Å². The number of benzene rings is 1. The van der Waals surface area contributed by atoms with Gasteiger partial charge in [0.15, 0.2) is 0 Å². The van der Waals surface area contributed by atoms with Crippen LogP contribution in [0.5, 0.6) is 0 Å². The Kier molecular flexibility index (Phi) is 4.76. The van der Waals surface area contributed by atoms with Crippen LogP contribution in [0, 0.1) is 0 Å². The van der Waals surface area contributed by atoms with Crippen LogP contribution in [0.2, 0.25) is 0 Å². The normalized spacial score (nSPS) is 11.9. The van der Waals surface area contributed by atoms with E-state index >= 15 is 0 Å². The van der Waals surface area contributed by atoms with Crippen LogP contribution < -0.4 is 10.2 Å². The summed E-state index contributed by atoms with van der Waals surface area (Å²) in [4.78, 5) is 14.8. The minimum absolute atomic E-state index is 0.175. The first kappa shape index (κ1) is 14.6. The van der Waals surface area contributed by atoms with Gasteiger partial charge in [-0.05, 0) is 35.7 Å². The fraction of sp³-hybridized carbons (Fsp3) is 0.267. The second-order valence-electron chi connectivity index (χ2n) is 4.68. The van der Waals surface area contributed by atoms with E-state index in [-0.39, 0.29) is 12.5 Å². The largest absolute Gasteiger partial charge is 0.386 e. The van der Waals surface area contributed by atoms with Crippen LogP contribution in [0.1, 0.15) is 21.3 Å². The minimum atomic E-state index is -0.653. The van der Waals surface area contributed by atoms with Crippen LogP contribution in [0.25, 0.3) is 0 Å². The first-order valence-electron chi connectivity index (χ1n) is 6.35. The number of aliphatic hydroxyl groups excluding tert-OH is 1. The second-order valence-corrected chi connectivity index (χ2v) is 5.66. The number of hydrogen-bond donors (Lipinski definition) is 2. The van der Waals surface area contributed by atoms with Gasteiger partial charge in [-0.25, -0.2) is 0 Å². The predicted octanol–water partition coefficient (Wildman–Crippen LogP) is 2.28. The monoisotopic (exact) mass is 290 g/mol. The first-order chi connectivity index (χ1) is 9.58. The zero-order valence-corrected chi connectivity index (χ0v) is 12.4. The Labute approximate surface area is 122 Å². The van der Waals surface area contributed by atoms with Gasteiger partial charge < -0.3 is 15.3 Å². The topological polar surface area (TPSA) is 52.6 Å². The molecule has 1 aromatic heterocycles. The molecule has 1 atom stereocenters. The van der Waals surface area contributed by atoms with Crippen molar-refractivity contribution in [1.82, 2.24) is 5.32 Å². The third-order valence-corrected chi connectivity index (χ3v) is 3.95. The van der Waals surface area contributed by atoms with Gasteiger partial charge >= 0.3 is 0 Å². The lowest BCUT2D eigenvalue weighted by Crippen LogP contribution is -2.28. The van der Waals surface area contributed by atoms with Crippen LogP contribution in [-0.4, -0.2) is 31.7 Å². The lowest BCUT2D eigenvalue weighted by atomic mass is 10.2. The van der Waals surface area contributed by atoms with Crippen LogP contribution in [0.3, 0.4) is 0 Å². The molecule has 20 heavy (non-hydrogen) atoms. The van der Waals surface area contributed by atoms with E-state index in [1.54, 1.807) is 12.1 Å². The number of nitrogens with zero attached hydrogens (tertiary/aromatic N) is 1. The molecule has 2 N–H and O–H groups in total. The Morgan fingerprint density at radius 3 is 2.55 bits per heavy atom. The van der Waals surface area contributed by atoms with Crippen molar-refractivity contribution in [3.05, 3.63) is 52.2 Å². The molecule has 0 aliphatic carbocycles. The van der Waals surface area contributed by atoms with E-state index in [0.29, 0.717) is 5.56 Å². The highest BCUT2D eigenvalue weighted by molar-refractivity contribution is 7.10. The maximum atomic E-state index is 12.0. The Balaban J connectivity index is 1.91. The molecule has 0 saturated heterocycles. The molecular weight excluding hydrogens is 272 g/mol. The van der Waals surface area contributed by atoms with Gasteiger partial charge in [-0.15, -0.1) is 11.3 Å². The molecule has 4 nitrogen and oxygen atoms in total. The summed E-state index contributed by atoms with van der Waals surface area (Å²) in [5, 5.41) is 14.6. The number of hydrogen-bond acceptors (Lipinski definition) is 4. The van der Waals surface area contributed by atoms with Gasteiger partial charge in [-0.2, -0.15) is 0 Å². The predicted molar refractivity (Wildman–Crippen MR) is 82.4 cm³/mol. The summed E-state index contributed by atoms with van der Waals surface area (Å²) in [5.74, 6) is -0.175. The van der Waals surface area contributed by atoms with Crippen LogP contribution in [-0.2, 0) is 0 Å². The third kappa shape index (κ3) is 3.59. The summed E-state index contributed by atoms with van der Waals surface area (Å²) in [5.41, 5.74) is 1.63. The average Bonchev–Trinajstić information content (AvgIpc) is 2.98. The summed E-state index contributed by atoms with van der Waals surface area (Å²) in [6.07, 6.45) is -0.653. The fourth-order valence-electron chi connectivity index (χ4n) is 1.78. The van der Waals surface area contributed by atoms with Crippen LogP contribution >= 0.6 is 11.3 Å². The molecule has 5 heteroatoms. The molecular formula is C15H18N2O2S. The Morgan fingerprint density at radius 2 is 2.00 bits per heavy atom. The van der Waals surface area contributed by atoms with Gasteiger partial charge in [0.1, 0.15) is 6.10 Å². The Bertz CT molecular complexity index is 550. The lowest BCUT2D eigenvalue weighted by Gasteiger charge is -2.13. The zero-order chi connectivity index (χ0) is 14.5. The van der Waals surface area contributed by atoms with Crippen molar-refractivity contribution in [2.24, 2.45) is 0 Å². The standard InChI is InChI=1S/C15H18N2O2S/c1-17(2)12-7-5-11(6-8-12)15(19)16-10-13(18)14-4-3-9-20-14/h3-9,13,18H,10H2,1-2H3,(H,16,19). The molecule has 106 valence electrons. The molecule has 0 aliphatic heterocycles. The van der Waals surface area contributed by atoms with E-state index in [2.05, 4.69) is 5.32 Å². The van der Waals surface area contributed by atoms with E-state index in [1.807, 2.05) is 48.6 Å². The summed E-state index contributed by atoms with van der Waals surface area (Å²) in [7, 11) is 3.90. The molecule has 1 heterocycles. The Morgan fingerprint density at radius 1 is 1.30 bits per heavy atom. The molecule has 1 aromatic carbocycles. The quantitative estimate of drug-likeness (QED) is 0.888. The summed E-state index contributed by atoms with van der Waals surface area (Å²) in [6.45, 7) is 0.217. The van der Waals surface area contributed by atoms with E-state index in [1.165, 1.54) is 11.3 Å². The minimum Gasteiger partial charge on any atom is -0.386 e. The molecule has 0 aliphatic rings. The number of nitrogens with one attached hydrogen (secondary N) is 1. The number of carbonyl (C=O) groups excluding carboxylic acids is 1. The highest BCUT2D eigenvalue weighted by Crippen LogP contribution is 2.18. The number of rotatable bonds is 5. The van der Waals surface area contributed by atoms with Crippen molar-refractivity contribution in [2.45, 2.75) is 6.10 Å². The molecule has 0 bridgehead atoms. The van der Waals surface area contributed by atoms with E-state index in [9.17, 15) is 9.90 Å². The second kappa shape index (κ2) is 6.54. The van der Waals surface area contributed by atoms with Crippen molar-refractivity contribution < 1.29 is 9.90 Å². The molecule has 2 rings (SSSR count). The maximum absolute atomic E-state index is 12.0. The van der Waals surface area contributed by atoms with Crippen molar-refractivity contribution >= 4 is 22.9 Å². The summed E-state index contributed by atoms with van der Waals surface area (Å²) in [6, 6.07) is 11.1. The first-order valence-corrected chi connectivity index (χ1v) is 7.23. The molecule has 2 aromatic rings. The van der Waals surface area contributed by atoms with E-state index in [4.69, 9.17) is 0 Å². The van der Waals surface area contributed by atoms with Gasteiger partial charge in [-0.3, -0.25) is 4.79 Å². The van der Waals surface area contributed by atoms with Gasteiger partial charge in [0.05, 0.1) is 0 Å². The number of anilines is 1. The highest BCUT2D eigenvalue weighted by Gasteiger charge is 2.11. The van der Waals surface area contributed by atoms with Gasteiger partial charge in [0, 0.05) is 36.8 Å². The number of amides is 1. The van der Waals surface area contributed by atoms with Crippen molar-refractivity contribution in [2.75, 3.05) is 25.5 Å².